The first-order valence-electron chi connectivity index (χ1n) is 8.43. The van der Waals surface area contributed by atoms with Gasteiger partial charge in [0, 0.05) is 11.1 Å². The molecule has 1 nitrogen and oxygen atoms in total. The molecule has 0 saturated heterocycles. The average molecular weight is 294 g/mol. The van der Waals surface area contributed by atoms with E-state index in [1.54, 1.807) is 0 Å². The Morgan fingerprint density at radius 2 is 1.09 bits per heavy atom. The second kappa shape index (κ2) is 7.40. The van der Waals surface area contributed by atoms with Gasteiger partial charge in [-0.05, 0) is 47.9 Å². The smallest absolute Gasteiger partial charge is 0.193 e. The molecule has 0 amide bonds. The van der Waals surface area contributed by atoms with Crippen molar-refractivity contribution in [1.82, 2.24) is 0 Å². The van der Waals surface area contributed by atoms with Crippen molar-refractivity contribution in [3.05, 3.63) is 69.8 Å². The summed E-state index contributed by atoms with van der Waals surface area (Å²) in [6.07, 6.45) is 3.75. The van der Waals surface area contributed by atoms with Gasteiger partial charge in [0.05, 0.1) is 0 Å². The second-order valence-corrected chi connectivity index (χ2v) is 5.63. The summed E-state index contributed by atoms with van der Waals surface area (Å²) < 4.78 is 0. The number of ketones is 1. The summed E-state index contributed by atoms with van der Waals surface area (Å²) in [5, 5.41) is 0. The summed E-state index contributed by atoms with van der Waals surface area (Å²) >= 11 is 0. The Bertz CT molecular complexity index is 610. The lowest BCUT2D eigenvalue weighted by Crippen LogP contribution is -2.11. The fourth-order valence-electron chi connectivity index (χ4n) is 3.34. The van der Waals surface area contributed by atoms with Gasteiger partial charge < -0.3 is 0 Å². The van der Waals surface area contributed by atoms with Gasteiger partial charge in [0.1, 0.15) is 0 Å². The third kappa shape index (κ3) is 2.99. The molecule has 2 aromatic rings. The van der Waals surface area contributed by atoms with E-state index in [4.69, 9.17) is 0 Å². The Labute approximate surface area is 134 Å². The van der Waals surface area contributed by atoms with E-state index < -0.39 is 0 Å². The lowest BCUT2D eigenvalue weighted by Gasteiger charge is -2.15. The van der Waals surface area contributed by atoms with Crippen LogP contribution in [-0.4, -0.2) is 5.78 Å². The summed E-state index contributed by atoms with van der Waals surface area (Å²) in [5.41, 5.74) is 6.75. The molecular weight excluding hydrogens is 268 g/mol. The summed E-state index contributed by atoms with van der Waals surface area (Å²) in [7, 11) is 0. The van der Waals surface area contributed by atoms with Crippen LogP contribution < -0.4 is 0 Å². The van der Waals surface area contributed by atoms with Gasteiger partial charge in [0.2, 0.25) is 0 Å². The van der Waals surface area contributed by atoms with Crippen LogP contribution in [0.1, 0.15) is 65.9 Å². The van der Waals surface area contributed by atoms with Gasteiger partial charge in [-0.3, -0.25) is 4.79 Å². The molecule has 0 bridgehead atoms. The summed E-state index contributed by atoms with van der Waals surface area (Å²) in [6, 6.07) is 12.3. The molecule has 0 aliphatic carbocycles. The Morgan fingerprint density at radius 3 is 1.41 bits per heavy atom. The SMILES string of the molecule is CCc1cccc(C(=O)c2cccc(CC)c2CC)c1CC. The molecule has 0 heterocycles. The molecule has 0 radical (unpaired) electrons. The quantitative estimate of drug-likeness (QED) is 0.672. The minimum Gasteiger partial charge on any atom is -0.289 e. The van der Waals surface area contributed by atoms with Crippen molar-refractivity contribution in [2.45, 2.75) is 53.4 Å². The van der Waals surface area contributed by atoms with E-state index in [1.807, 2.05) is 24.3 Å². The fraction of sp³-hybridized carbons (Fsp3) is 0.381. The number of hydrogen-bond acceptors (Lipinski definition) is 1. The average Bonchev–Trinajstić information content (AvgIpc) is 2.59. The van der Waals surface area contributed by atoms with Gasteiger partial charge in [0.25, 0.3) is 0 Å². The summed E-state index contributed by atoms with van der Waals surface area (Å²) in [4.78, 5) is 13.1. The summed E-state index contributed by atoms with van der Waals surface area (Å²) in [6.45, 7) is 8.57. The van der Waals surface area contributed by atoms with Gasteiger partial charge >= 0.3 is 0 Å². The first-order chi connectivity index (χ1) is 10.7. The maximum atomic E-state index is 13.1. The van der Waals surface area contributed by atoms with E-state index in [0.717, 1.165) is 36.8 Å². The van der Waals surface area contributed by atoms with Crippen LogP contribution in [0.4, 0.5) is 0 Å². The zero-order valence-electron chi connectivity index (χ0n) is 14.2. The molecule has 0 aromatic heterocycles. The van der Waals surface area contributed by atoms with Crippen molar-refractivity contribution in [1.29, 1.82) is 0 Å². The first kappa shape index (κ1) is 16.5. The predicted octanol–water partition coefficient (Wildman–Crippen LogP) is 5.17. The molecule has 0 spiro atoms. The maximum absolute atomic E-state index is 13.1. The third-order valence-corrected chi connectivity index (χ3v) is 4.50. The first-order valence-corrected chi connectivity index (χ1v) is 8.43. The van der Waals surface area contributed by atoms with Crippen LogP contribution in [0.25, 0.3) is 0 Å². The van der Waals surface area contributed by atoms with Crippen LogP contribution in [0.15, 0.2) is 36.4 Å². The van der Waals surface area contributed by atoms with Crippen molar-refractivity contribution in [2.24, 2.45) is 0 Å². The van der Waals surface area contributed by atoms with Gasteiger partial charge in [-0.2, -0.15) is 0 Å². The minimum atomic E-state index is 0.180. The largest absolute Gasteiger partial charge is 0.289 e. The molecule has 0 N–H and O–H groups in total. The van der Waals surface area contributed by atoms with E-state index >= 15 is 0 Å². The highest BCUT2D eigenvalue weighted by Gasteiger charge is 2.18. The molecule has 0 saturated carbocycles. The zero-order valence-corrected chi connectivity index (χ0v) is 14.2. The Kier molecular flexibility index (Phi) is 5.54. The topological polar surface area (TPSA) is 17.1 Å². The number of hydrogen-bond donors (Lipinski definition) is 0. The van der Waals surface area contributed by atoms with E-state index in [9.17, 15) is 4.79 Å². The van der Waals surface area contributed by atoms with E-state index in [-0.39, 0.29) is 5.78 Å². The van der Waals surface area contributed by atoms with Crippen molar-refractivity contribution in [3.8, 4) is 0 Å². The number of carbonyl (C=O) groups excluding carboxylic acids is 1. The molecule has 0 atom stereocenters. The molecule has 116 valence electrons. The Morgan fingerprint density at radius 1 is 0.682 bits per heavy atom. The number of benzene rings is 2. The lowest BCUT2D eigenvalue weighted by molar-refractivity contribution is 0.103. The standard InChI is InChI=1S/C21H26O/c1-5-15-11-9-13-19(17(15)7-3)21(22)20-14-10-12-16(6-2)18(20)8-4/h9-14H,5-8H2,1-4H3. The van der Waals surface area contributed by atoms with E-state index in [2.05, 4.69) is 39.8 Å². The highest BCUT2D eigenvalue weighted by molar-refractivity contribution is 6.11. The van der Waals surface area contributed by atoms with Gasteiger partial charge in [0.15, 0.2) is 5.78 Å². The highest BCUT2D eigenvalue weighted by Crippen LogP contribution is 2.24. The number of aryl methyl sites for hydroxylation is 2. The lowest BCUT2D eigenvalue weighted by atomic mass is 9.88. The Balaban J connectivity index is 2.58. The molecule has 0 unspecified atom stereocenters. The Hall–Kier alpha value is -1.89. The molecule has 0 fully saturated rings. The van der Waals surface area contributed by atoms with Crippen molar-refractivity contribution in [3.63, 3.8) is 0 Å². The molecule has 22 heavy (non-hydrogen) atoms. The third-order valence-electron chi connectivity index (χ3n) is 4.50. The number of carbonyl (C=O) groups is 1. The van der Waals surface area contributed by atoms with E-state index in [0.29, 0.717) is 0 Å². The van der Waals surface area contributed by atoms with Crippen molar-refractivity contribution < 1.29 is 4.79 Å². The monoisotopic (exact) mass is 294 g/mol. The second-order valence-electron chi connectivity index (χ2n) is 5.63. The van der Waals surface area contributed by atoms with Crippen LogP contribution in [0.3, 0.4) is 0 Å². The predicted molar refractivity (Wildman–Crippen MR) is 93.8 cm³/mol. The van der Waals surface area contributed by atoms with Crippen molar-refractivity contribution >= 4 is 5.78 Å². The molecule has 2 rings (SSSR count). The maximum Gasteiger partial charge on any atom is 0.193 e. The van der Waals surface area contributed by atoms with E-state index in [1.165, 1.54) is 22.3 Å². The normalized spacial score (nSPS) is 10.7. The van der Waals surface area contributed by atoms with Crippen LogP contribution >= 0.6 is 0 Å². The van der Waals surface area contributed by atoms with Crippen LogP contribution in [-0.2, 0) is 25.7 Å². The van der Waals surface area contributed by atoms with Crippen LogP contribution in [0, 0.1) is 0 Å². The van der Waals surface area contributed by atoms with Gasteiger partial charge in [-0.1, -0.05) is 64.1 Å². The van der Waals surface area contributed by atoms with Crippen LogP contribution in [0.2, 0.25) is 0 Å². The van der Waals surface area contributed by atoms with Gasteiger partial charge in [-0.25, -0.2) is 0 Å². The molecule has 2 aromatic carbocycles. The minimum absolute atomic E-state index is 0.180. The van der Waals surface area contributed by atoms with Crippen molar-refractivity contribution in [2.75, 3.05) is 0 Å². The van der Waals surface area contributed by atoms with Crippen LogP contribution in [0.5, 0.6) is 0 Å². The molecule has 0 aliphatic rings. The zero-order chi connectivity index (χ0) is 16.1. The highest BCUT2D eigenvalue weighted by atomic mass is 16.1. The number of rotatable bonds is 6. The van der Waals surface area contributed by atoms with Gasteiger partial charge in [-0.15, -0.1) is 0 Å². The molecule has 0 aliphatic heterocycles. The summed E-state index contributed by atoms with van der Waals surface area (Å²) in [5.74, 6) is 0.180. The molecule has 1 heteroatoms. The fourth-order valence-corrected chi connectivity index (χ4v) is 3.34. The molecular formula is C21H26O.